The number of fused-ring (bicyclic) bond motifs is 1. The van der Waals surface area contributed by atoms with Crippen molar-refractivity contribution in [2.24, 2.45) is 0 Å². The van der Waals surface area contributed by atoms with Crippen LogP contribution in [0.15, 0.2) is 6.33 Å². The first-order valence-electron chi connectivity index (χ1n) is 9.47. The second-order valence-corrected chi connectivity index (χ2v) is 8.31. The predicted molar refractivity (Wildman–Crippen MR) is 95.2 cm³/mol. The fourth-order valence-corrected chi connectivity index (χ4v) is 3.91. The van der Waals surface area contributed by atoms with Crippen LogP contribution >= 0.6 is 0 Å². The number of nitrogens with zero attached hydrogens (tertiary/aromatic N) is 4. The molecule has 1 fully saturated rings. The van der Waals surface area contributed by atoms with Crippen LogP contribution in [0.25, 0.3) is 0 Å². The van der Waals surface area contributed by atoms with Crippen LogP contribution in [0, 0.1) is 0 Å². The summed E-state index contributed by atoms with van der Waals surface area (Å²) in [7, 11) is 0. The van der Waals surface area contributed by atoms with E-state index in [4.69, 9.17) is 4.74 Å². The van der Waals surface area contributed by atoms with Crippen LogP contribution in [-0.2, 0) is 11.3 Å². The summed E-state index contributed by atoms with van der Waals surface area (Å²) in [6.45, 7) is 9.69. The highest BCUT2D eigenvalue weighted by Crippen LogP contribution is 2.27. The fourth-order valence-electron chi connectivity index (χ4n) is 3.91. The van der Waals surface area contributed by atoms with Gasteiger partial charge in [-0.05, 0) is 59.8 Å². The first kappa shape index (κ1) is 18.2. The van der Waals surface area contributed by atoms with Crippen LogP contribution in [0.4, 0.5) is 4.79 Å². The maximum atomic E-state index is 12.4. The van der Waals surface area contributed by atoms with Gasteiger partial charge in [-0.25, -0.2) is 14.5 Å². The molecule has 0 bridgehead atoms. The Hall–Kier alpha value is -1.63. The number of hydrogen-bond acceptors (Lipinski definition) is 5. The number of likely N-dealkylation sites (tertiary alicyclic amines) is 1. The van der Waals surface area contributed by atoms with Gasteiger partial charge in [0.15, 0.2) is 0 Å². The SMILES string of the molecule is C[C@H](C[C@@H]1CCCN1C(=O)OC(C)(C)C)N[C@@H]1CCCn2ncnc21. The van der Waals surface area contributed by atoms with E-state index in [0.29, 0.717) is 6.04 Å². The van der Waals surface area contributed by atoms with E-state index in [0.717, 1.165) is 51.0 Å². The molecule has 0 spiro atoms. The lowest BCUT2D eigenvalue weighted by atomic mass is 10.0. The summed E-state index contributed by atoms with van der Waals surface area (Å²) in [5.74, 6) is 1.04. The Balaban J connectivity index is 1.56. The first-order chi connectivity index (χ1) is 11.8. The number of carbonyl (C=O) groups is 1. The standard InChI is InChI=1S/C18H31N5O2/c1-13(21-15-8-6-10-23-16(15)19-12-20-23)11-14-7-5-9-22(14)17(24)25-18(2,3)4/h12-15,21H,5-11H2,1-4H3/t13-,14+,15-/m1/s1. The third-order valence-electron chi connectivity index (χ3n) is 4.94. The topological polar surface area (TPSA) is 72.3 Å². The van der Waals surface area contributed by atoms with Crippen molar-refractivity contribution in [1.29, 1.82) is 0 Å². The predicted octanol–water partition coefficient (Wildman–Crippen LogP) is 2.88. The largest absolute Gasteiger partial charge is 0.444 e. The number of ether oxygens (including phenoxy) is 1. The molecule has 0 aliphatic carbocycles. The van der Waals surface area contributed by atoms with Crippen molar-refractivity contribution in [2.75, 3.05) is 6.54 Å². The normalized spacial score (nSPS) is 24.9. The molecule has 1 aromatic rings. The lowest BCUT2D eigenvalue weighted by Gasteiger charge is -2.32. The molecule has 0 radical (unpaired) electrons. The Bertz CT molecular complexity index is 595. The highest BCUT2D eigenvalue weighted by molar-refractivity contribution is 5.68. The van der Waals surface area contributed by atoms with E-state index in [1.165, 1.54) is 0 Å². The van der Waals surface area contributed by atoms with Crippen molar-refractivity contribution < 1.29 is 9.53 Å². The molecule has 3 heterocycles. The zero-order valence-electron chi connectivity index (χ0n) is 15.9. The van der Waals surface area contributed by atoms with Gasteiger partial charge in [0.2, 0.25) is 0 Å². The molecule has 140 valence electrons. The highest BCUT2D eigenvalue weighted by atomic mass is 16.6. The maximum Gasteiger partial charge on any atom is 0.410 e. The first-order valence-corrected chi connectivity index (χ1v) is 9.47. The maximum absolute atomic E-state index is 12.4. The Labute approximate surface area is 150 Å². The van der Waals surface area contributed by atoms with Crippen molar-refractivity contribution in [1.82, 2.24) is 25.0 Å². The molecular formula is C18H31N5O2. The Morgan fingerprint density at radius 3 is 2.88 bits per heavy atom. The van der Waals surface area contributed by atoms with Crippen LogP contribution in [0.3, 0.4) is 0 Å². The fraction of sp³-hybridized carbons (Fsp3) is 0.833. The Morgan fingerprint density at radius 2 is 2.12 bits per heavy atom. The monoisotopic (exact) mass is 349 g/mol. The molecule has 7 heteroatoms. The third kappa shape index (κ3) is 4.51. The van der Waals surface area contributed by atoms with Crippen LogP contribution in [0.2, 0.25) is 0 Å². The lowest BCUT2D eigenvalue weighted by molar-refractivity contribution is 0.0213. The molecule has 7 nitrogen and oxygen atoms in total. The van der Waals surface area contributed by atoms with Crippen LogP contribution in [-0.4, -0.2) is 50.0 Å². The summed E-state index contributed by atoms with van der Waals surface area (Å²) in [4.78, 5) is 18.8. The molecule has 0 aromatic carbocycles. The summed E-state index contributed by atoms with van der Waals surface area (Å²) in [5.41, 5.74) is -0.444. The average molecular weight is 349 g/mol. The third-order valence-corrected chi connectivity index (χ3v) is 4.94. The van der Waals surface area contributed by atoms with E-state index in [-0.39, 0.29) is 18.2 Å². The lowest BCUT2D eigenvalue weighted by Crippen LogP contribution is -2.43. The highest BCUT2D eigenvalue weighted by Gasteiger charge is 2.33. The number of aryl methyl sites for hydroxylation is 1. The van der Waals surface area contributed by atoms with E-state index in [1.807, 2.05) is 30.4 Å². The van der Waals surface area contributed by atoms with E-state index in [9.17, 15) is 4.79 Å². The van der Waals surface area contributed by atoms with E-state index >= 15 is 0 Å². The van der Waals surface area contributed by atoms with Crippen LogP contribution < -0.4 is 5.32 Å². The zero-order valence-corrected chi connectivity index (χ0v) is 15.9. The molecule has 0 unspecified atom stereocenters. The van der Waals surface area contributed by atoms with Crippen LogP contribution in [0.1, 0.15) is 71.7 Å². The Morgan fingerprint density at radius 1 is 1.36 bits per heavy atom. The van der Waals surface area contributed by atoms with E-state index < -0.39 is 5.60 Å². The van der Waals surface area contributed by atoms with Gasteiger partial charge >= 0.3 is 6.09 Å². The van der Waals surface area contributed by atoms with Crippen LogP contribution in [0.5, 0.6) is 0 Å². The van der Waals surface area contributed by atoms with Crippen molar-refractivity contribution >= 4 is 6.09 Å². The molecule has 2 aliphatic rings. The van der Waals surface area contributed by atoms with Gasteiger partial charge in [-0.1, -0.05) is 0 Å². The molecular weight excluding hydrogens is 318 g/mol. The number of aromatic nitrogens is 3. The molecule has 0 saturated carbocycles. The van der Waals surface area contributed by atoms with Gasteiger partial charge in [-0.2, -0.15) is 5.10 Å². The quantitative estimate of drug-likeness (QED) is 0.905. The summed E-state index contributed by atoms with van der Waals surface area (Å²) in [5, 5.41) is 7.98. The number of rotatable bonds is 4. The van der Waals surface area contributed by atoms with Gasteiger partial charge in [0.1, 0.15) is 17.8 Å². The van der Waals surface area contributed by atoms with Gasteiger partial charge < -0.3 is 15.0 Å². The molecule has 1 N–H and O–H groups in total. The summed E-state index contributed by atoms with van der Waals surface area (Å²) in [6, 6.07) is 0.808. The van der Waals surface area contributed by atoms with Gasteiger partial charge in [0.05, 0.1) is 6.04 Å². The van der Waals surface area contributed by atoms with Crippen molar-refractivity contribution in [3.63, 3.8) is 0 Å². The number of carbonyl (C=O) groups excluding carboxylic acids is 1. The zero-order chi connectivity index (χ0) is 18.0. The second kappa shape index (κ2) is 7.32. The minimum absolute atomic E-state index is 0.181. The van der Waals surface area contributed by atoms with Crippen molar-refractivity contribution in [2.45, 2.75) is 90.1 Å². The van der Waals surface area contributed by atoms with Crippen molar-refractivity contribution in [3.8, 4) is 0 Å². The average Bonchev–Trinajstić information content (AvgIpc) is 3.14. The molecule has 1 amide bonds. The summed E-state index contributed by atoms with van der Waals surface area (Å²) in [6.07, 6.45) is 6.70. The summed E-state index contributed by atoms with van der Waals surface area (Å²) < 4.78 is 7.56. The van der Waals surface area contributed by atoms with E-state index in [1.54, 1.807) is 6.33 Å². The minimum Gasteiger partial charge on any atom is -0.444 e. The molecule has 3 atom stereocenters. The molecule has 2 aliphatic heterocycles. The molecule has 1 aromatic heterocycles. The number of amides is 1. The minimum atomic E-state index is -0.444. The van der Waals surface area contributed by atoms with Gasteiger partial charge in [0.25, 0.3) is 0 Å². The van der Waals surface area contributed by atoms with Crippen molar-refractivity contribution in [3.05, 3.63) is 12.2 Å². The molecule has 3 rings (SSSR count). The molecule has 25 heavy (non-hydrogen) atoms. The van der Waals surface area contributed by atoms with Gasteiger partial charge in [-0.15, -0.1) is 0 Å². The second-order valence-electron chi connectivity index (χ2n) is 8.31. The summed E-state index contributed by atoms with van der Waals surface area (Å²) >= 11 is 0. The number of hydrogen-bond donors (Lipinski definition) is 1. The van der Waals surface area contributed by atoms with E-state index in [2.05, 4.69) is 22.3 Å². The Kier molecular flexibility index (Phi) is 5.32. The van der Waals surface area contributed by atoms with Gasteiger partial charge in [0, 0.05) is 25.2 Å². The van der Waals surface area contributed by atoms with Gasteiger partial charge in [-0.3, -0.25) is 0 Å². The smallest absolute Gasteiger partial charge is 0.410 e. The number of nitrogens with one attached hydrogen (secondary N) is 1. The molecule has 1 saturated heterocycles.